The number of hydrogen-bond donors (Lipinski definition) is 4. The zero-order chi connectivity index (χ0) is 35.2. The van der Waals surface area contributed by atoms with E-state index in [-0.39, 0.29) is 35.2 Å². The lowest BCUT2D eigenvalue weighted by atomic mass is 9.89. The summed E-state index contributed by atoms with van der Waals surface area (Å²) in [5, 5.41) is 21.1. The Morgan fingerprint density at radius 2 is 1.33 bits per heavy atom. The van der Waals surface area contributed by atoms with Gasteiger partial charge in [-0.15, -0.1) is 0 Å². The lowest BCUT2D eigenvalue weighted by molar-refractivity contribution is -0.134. The maximum atomic E-state index is 13.7. The van der Waals surface area contributed by atoms with Crippen LogP contribution < -0.4 is 15.5 Å². The van der Waals surface area contributed by atoms with Crippen molar-refractivity contribution < 1.29 is 43.4 Å². The predicted octanol–water partition coefficient (Wildman–Crippen LogP) is 4.70. The van der Waals surface area contributed by atoms with E-state index in [1.165, 1.54) is 38.1 Å². The highest BCUT2D eigenvalue weighted by Crippen LogP contribution is 2.25. The number of hydrogen-bond acceptors (Lipinski definition) is 7. The number of Topliss-reactive ketones (excluding diaryl/α,β-unsaturated/α-hetero) is 1. The number of aliphatic carboxylic acids is 2. The summed E-state index contributed by atoms with van der Waals surface area (Å²) in [5.41, 5.74) is 2.82. The molecular weight excluding hydrogens is 623 g/mol. The Balaban J connectivity index is 0.000000694. The highest BCUT2D eigenvalue weighted by Gasteiger charge is 2.27. The SMILES string of the molecule is CC(=O)Nc1ccc(C(=O)N(CCN2CCC(C(=O)c3ccc(F)cc3)CC2)c2cccc(NC(C)=O)c2)cc1.O=C(O)/C=C/C(=O)O. The number of carbonyl (C=O) groups excluding carboxylic acids is 4. The Morgan fingerprint density at radius 1 is 0.792 bits per heavy atom. The number of halogens is 1. The number of rotatable bonds is 11. The van der Waals surface area contributed by atoms with E-state index in [1.54, 1.807) is 47.4 Å². The average molecular weight is 661 g/mol. The molecule has 1 aliphatic heterocycles. The van der Waals surface area contributed by atoms with Crippen LogP contribution in [0.2, 0.25) is 0 Å². The van der Waals surface area contributed by atoms with Crippen molar-refractivity contribution in [2.24, 2.45) is 5.92 Å². The van der Waals surface area contributed by atoms with Crippen molar-refractivity contribution in [1.82, 2.24) is 4.90 Å². The van der Waals surface area contributed by atoms with Crippen LogP contribution in [0.3, 0.4) is 0 Å². The van der Waals surface area contributed by atoms with Gasteiger partial charge in [-0.1, -0.05) is 6.07 Å². The summed E-state index contributed by atoms with van der Waals surface area (Å²) < 4.78 is 13.2. The molecule has 252 valence electrons. The minimum atomic E-state index is -1.26. The number of carbonyl (C=O) groups is 6. The first-order valence-electron chi connectivity index (χ1n) is 15.1. The van der Waals surface area contributed by atoms with E-state index in [0.29, 0.717) is 79.4 Å². The number of amides is 3. The van der Waals surface area contributed by atoms with E-state index in [2.05, 4.69) is 15.5 Å². The molecule has 0 unspecified atom stereocenters. The van der Waals surface area contributed by atoms with Crippen LogP contribution in [-0.4, -0.2) is 76.7 Å². The molecule has 0 radical (unpaired) electrons. The Bertz CT molecular complexity index is 1630. The van der Waals surface area contributed by atoms with Gasteiger partial charge >= 0.3 is 11.9 Å². The summed E-state index contributed by atoms with van der Waals surface area (Å²) in [6.07, 6.45) is 2.49. The van der Waals surface area contributed by atoms with Gasteiger partial charge in [0.1, 0.15) is 5.82 Å². The molecule has 4 N–H and O–H groups in total. The van der Waals surface area contributed by atoms with Gasteiger partial charge in [0.05, 0.1) is 0 Å². The Hall–Kier alpha value is -5.69. The summed E-state index contributed by atoms with van der Waals surface area (Å²) in [7, 11) is 0. The van der Waals surface area contributed by atoms with Gasteiger partial charge in [0.15, 0.2) is 5.78 Å². The van der Waals surface area contributed by atoms with Gasteiger partial charge in [-0.25, -0.2) is 14.0 Å². The zero-order valence-electron chi connectivity index (χ0n) is 26.5. The number of benzene rings is 3. The number of ketones is 1. The third kappa shape index (κ3) is 11.9. The molecular formula is C35H37FN4O8. The van der Waals surface area contributed by atoms with Crippen molar-refractivity contribution in [2.45, 2.75) is 26.7 Å². The Labute approximate surface area is 276 Å². The topological polar surface area (TPSA) is 173 Å². The first kappa shape index (κ1) is 36.8. The Kier molecular flexibility index (Phi) is 13.7. The number of likely N-dealkylation sites (tertiary alicyclic amines) is 1. The first-order valence-corrected chi connectivity index (χ1v) is 15.1. The van der Waals surface area contributed by atoms with Crippen LogP contribution in [0.25, 0.3) is 0 Å². The molecule has 3 aromatic carbocycles. The van der Waals surface area contributed by atoms with Crippen molar-refractivity contribution in [1.29, 1.82) is 0 Å². The first-order chi connectivity index (χ1) is 22.8. The van der Waals surface area contributed by atoms with Gasteiger partial charge in [-0.05, 0) is 92.7 Å². The molecule has 12 nitrogen and oxygen atoms in total. The van der Waals surface area contributed by atoms with Gasteiger partial charge in [0, 0.05) is 73.2 Å². The van der Waals surface area contributed by atoms with Crippen LogP contribution in [0.1, 0.15) is 47.4 Å². The average Bonchev–Trinajstić information content (AvgIpc) is 3.04. The standard InChI is InChI=1S/C31H33FN4O4.C4H4O4/c1-21(37)33-27-12-8-25(9-13-27)31(40)36(29-5-3-4-28(20-29)34-22(2)38)19-18-35-16-14-24(15-17-35)30(39)23-6-10-26(32)11-7-23;5-3(6)1-2-4(7)8/h3-13,20,24H,14-19H2,1-2H3,(H,33,37)(H,34,38);1-2H,(H,5,6)(H,7,8)/b;2-1+. The quantitative estimate of drug-likeness (QED) is 0.168. The predicted molar refractivity (Wildman–Crippen MR) is 177 cm³/mol. The molecule has 1 heterocycles. The molecule has 48 heavy (non-hydrogen) atoms. The fourth-order valence-electron chi connectivity index (χ4n) is 5.01. The molecule has 3 amide bonds. The minimum Gasteiger partial charge on any atom is -0.478 e. The summed E-state index contributed by atoms with van der Waals surface area (Å²) in [5.74, 6) is -3.57. The zero-order valence-corrected chi connectivity index (χ0v) is 26.5. The van der Waals surface area contributed by atoms with Crippen LogP contribution in [-0.2, 0) is 19.2 Å². The van der Waals surface area contributed by atoms with Crippen LogP contribution in [0.4, 0.5) is 21.5 Å². The molecule has 13 heteroatoms. The third-order valence-corrected chi connectivity index (χ3v) is 7.27. The molecule has 1 fully saturated rings. The molecule has 0 atom stereocenters. The van der Waals surface area contributed by atoms with Crippen molar-refractivity contribution in [2.75, 3.05) is 41.7 Å². The molecule has 1 saturated heterocycles. The smallest absolute Gasteiger partial charge is 0.328 e. The van der Waals surface area contributed by atoms with Crippen molar-refractivity contribution >= 4 is 52.5 Å². The van der Waals surface area contributed by atoms with Crippen LogP contribution in [0, 0.1) is 11.7 Å². The highest BCUT2D eigenvalue weighted by atomic mass is 19.1. The Morgan fingerprint density at radius 3 is 1.88 bits per heavy atom. The fraction of sp³-hybridized carbons (Fsp3) is 0.257. The van der Waals surface area contributed by atoms with Crippen LogP contribution >= 0.6 is 0 Å². The molecule has 4 rings (SSSR count). The summed E-state index contributed by atoms with van der Waals surface area (Å²) in [6.45, 7) is 5.25. The molecule has 1 aliphatic rings. The van der Waals surface area contributed by atoms with Crippen molar-refractivity contribution in [3.05, 3.63) is 102 Å². The van der Waals surface area contributed by atoms with E-state index in [1.807, 2.05) is 6.07 Å². The van der Waals surface area contributed by atoms with Crippen molar-refractivity contribution in [3.8, 4) is 0 Å². The minimum absolute atomic E-state index is 0.0361. The van der Waals surface area contributed by atoms with E-state index < -0.39 is 11.9 Å². The number of piperidine rings is 1. The number of carboxylic acid groups (broad SMARTS) is 2. The van der Waals surface area contributed by atoms with Gasteiger partial charge in [0.2, 0.25) is 11.8 Å². The largest absolute Gasteiger partial charge is 0.478 e. The molecule has 0 bridgehead atoms. The van der Waals surface area contributed by atoms with E-state index in [4.69, 9.17) is 10.2 Å². The van der Waals surface area contributed by atoms with E-state index in [0.717, 1.165) is 0 Å². The van der Waals surface area contributed by atoms with Crippen molar-refractivity contribution in [3.63, 3.8) is 0 Å². The second kappa shape index (κ2) is 17.9. The molecule has 0 spiro atoms. The van der Waals surface area contributed by atoms with Gasteiger partial charge in [-0.2, -0.15) is 0 Å². The molecule has 0 saturated carbocycles. The molecule has 3 aromatic rings. The molecule has 0 aliphatic carbocycles. The number of carboxylic acids is 2. The van der Waals surface area contributed by atoms with E-state index in [9.17, 15) is 33.2 Å². The third-order valence-electron chi connectivity index (χ3n) is 7.27. The second-order valence-corrected chi connectivity index (χ2v) is 10.9. The number of nitrogens with zero attached hydrogens (tertiary/aromatic N) is 2. The summed E-state index contributed by atoms with van der Waals surface area (Å²) in [4.78, 5) is 72.5. The lowest BCUT2D eigenvalue weighted by Gasteiger charge is -2.33. The highest BCUT2D eigenvalue weighted by molar-refractivity contribution is 6.07. The lowest BCUT2D eigenvalue weighted by Crippen LogP contribution is -2.43. The maximum Gasteiger partial charge on any atom is 0.328 e. The monoisotopic (exact) mass is 660 g/mol. The van der Waals surface area contributed by atoms with E-state index >= 15 is 0 Å². The normalized spacial score (nSPS) is 13.1. The summed E-state index contributed by atoms with van der Waals surface area (Å²) in [6, 6.07) is 19.5. The van der Waals surface area contributed by atoms with Gasteiger partial charge in [0.25, 0.3) is 5.91 Å². The van der Waals surface area contributed by atoms with Gasteiger partial charge in [-0.3, -0.25) is 19.2 Å². The van der Waals surface area contributed by atoms with Crippen LogP contribution in [0.15, 0.2) is 84.9 Å². The number of nitrogens with one attached hydrogen (secondary N) is 2. The van der Waals surface area contributed by atoms with Gasteiger partial charge < -0.3 is 30.6 Å². The maximum absolute atomic E-state index is 13.7. The molecule has 0 aromatic heterocycles. The summed E-state index contributed by atoms with van der Waals surface area (Å²) >= 11 is 0. The number of anilines is 3. The van der Waals surface area contributed by atoms with Crippen LogP contribution in [0.5, 0.6) is 0 Å². The second-order valence-electron chi connectivity index (χ2n) is 10.9. The fourth-order valence-corrected chi connectivity index (χ4v) is 5.01.